The predicted octanol–water partition coefficient (Wildman–Crippen LogP) is 1.25. The van der Waals surface area contributed by atoms with Gasteiger partial charge in [-0.25, -0.2) is 4.79 Å². The van der Waals surface area contributed by atoms with Gasteiger partial charge in [-0.3, -0.25) is 9.59 Å². The van der Waals surface area contributed by atoms with E-state index in [2.05, 4.69) is 10.6 Å². The third-order valence-electron chi connectivity index (χ3n) is 3.76. The highest BCUT2D eigenvalue weighted by molar-refractivity contribution is 5.88. The summed E-state index contributed by atoms with van der Waals surface area (Å²) >= 11 is 0. The fourth-order valence-corrected chi connectivity index (χ4v) is 2.45. The number of ether oxygens (including phenoxy) is 1. The summed E-state index contributed by atoms with van der Waals surface area (Å²) in [6, 6.07) is 17.8. The standard InChI is InChI=1S/C20H22N2O4/c1-26-20(25)17(12-15-8-4-2-5-9-15)22-19(24)14-21-18(23)13-16-10-6-3-7-11-16/h2-11,17H,12-14H2,1H3,(H,21,23)(H,22,24)/t17-/m0/s1. The molecule has 0 heterocycles. The Hall–Kier alpha value is -3.15. The van der Waals surface area contributed by atoms with E-state index in [1.54, 1.807) is 0 Å². The largest absolute Gasteiger partial charge is 0.467 e. The van der Waals surface area contributed by atoms with E-state index in [1.807, 2.05) is 60.7 Å². The van der Waals surface area contributed by atoms with Crippen LogP contribution in [0.4, 0.5) is 0 Å². The summed E-state index contributed by atoms with van der Waals surface area (Å²) in [4.78, 5) is 35.9. The van der Waals surface area contributed by atoms with Crippen molar-refractivity contribution >= 4 is 17.8 Å². The Labute approximate surface area is 152 Å². The van der Waals surface area contributed by atoms with Gasteiger partial charge in [0, 0.05) is 6.42 Å². The van der Waals surface area contributed by atoms with Gasteiger partial charge in [0.15, 0.2) is 0 Å². The first-order valence-corrected chi connectivity index (χ1v) is 8.30. The van der Waals surface area contributed by atoms with E-state index in [-0.39, 0.29) is 18.9 Å². The second kappa shape index (κ2) is 9.98. The van der Waals surface area contributed by atoms with Crippen molar-refractivity contribution < 1.29 is 19.1 Å². The van der Waals surface area contributed by atoms with E-state index in [0.29, 0.717) is 6.42 Å². The second-order valence-corrected chi connectivity index (χ2v) is 5.77. The molecule has 2 amide bonds. The molecule has 0 unspecified atom stereocenters. The van der Waals surface area contributed by atoms with Crippen LogP contribution in [0.15, 0.2) is 60.7 Å². The number of nitrogens with one attached hydrogen (secondary N) is 2. The van der Waals surface area contributed by atoms with Crippen LogP contribution < -0.4 is 10.6 Å². The fourth-order valence-electron chi connectivity index (χ4n) is 2.45. The number of carbonyl (C=O) groups excluding carboxylic acids is 3. The van der Waals surface area contributed by atoms with Gasteiger partial charge >= 0.3 is 5.97 Å². The van der Waals surface area contributed by atoms with Crippen LogP contribution >= 0.6 is 0 Å². The first kappa shape index (κ1) is 19.2. The van der Waals surface area contributed by atoms with Crippen LogP contribution in [0.3, 0.4) is 0 Å². The average molecular weight is 354 g/mol. The fraction of sp³-hybridized carbons (Fsp3) is 0.250. The lowest BCUT2D eigenvalue weighted by Gasteiger charge is -2.17. The quantitative estimate of drug-likeness (QED) is 0.699. The molecule has 2 aromatic carbocycles. The highest BCUT2D eigenvalue weighted by atomic mass is 16.5. The van der Waals surface area contributed by atoms with Gasteiger partial charge < -0.3 is 15.4 Å². The Morgan fingerprint density at radius 3 is 2.04 bits per heavy atom. The monoisotopic (exact) mass is 354 g/mol. The third kappa shape index (κ3) is 6.39. The van der Waals surface area contributed by atoms with Gasteiger partial charge in [-0.2, -0.15) is 0 Å². The van der Waals surface area contributed by atoms with Crippen molar-refractivity contribution in [3.05, 3.63) is 71.8 Å². The zero-order valence-corrected chi connectivity index (χ0v) is 14.6. The second-order valence-electron chi connectivity index (χ2n) is 5.77. The maximum absolute atomic E-state index is 12.1. The predicted molar refractivity (Wildman–Crippen MR) is 97.2 cm³/mol. The van der Waals surface area contributed by atoms with Crippen molar-refractivity contribution in [2.75, 3.05) is 13.7 Å². The Morgan fingerprint density at radius 2 is 1.46 bits per heavy atom. The average Bonchev–Trinajstić information content (AvgIpc) is 2.67. The van der Waals surface area contributed by atoms with Gasteiger partial charge in [-0.15, -0.1) is 0 Å². The zero-order chi connectivity index (χ0) is 18.8. The van der Waals surface area contributed by atoms with E-state index < -0.39 is 17.9 Å². The summed E-state index contributed by atoms with van der Waals surface area (Å²) in [6.07, 6.45) is 0.510. The molecule has 0 bridgehead atoms. The minimum atomic E-state index is -0.805. The Morgan fingerprint density at radius 1 is 0.885 bits per heavy atom. The number of benzene rings is 2. The van der Waals surface area contributed by atoms with Crippen molar-refractivity contribution in [3.8, 4) is 0 Å². The van der Waals surface area contributed by atoms with Crippen LogP contribution in [0.25, 0.3) is 0 Å². The molecule has 26 heavy (non-hydrogen) atoms. The molecular weight excluding hydrogens is 332 g/mol. The van der Waals surface area contributed by atoms with Crippen LogP contribution in [0.5, 0.6) is 0 Å². The molecular formula is C20H22N2O4. The van der Waals surface area contributed by atoms with Crippen LogP contribution in [-0.2, 0) is 32.0 Å². The first-order chi connectivity index (χ1) is 12.6. The highest BCUT2D eigenvalue weighted by Gasteiger charge is 2.22. The summed E-state index contributed by atoms with van der Waals surface area (Å²) in [7, 11) is 1.27. The molecule has 0 aromatic heterocycles. The van der Waals surface area contributed by atoms with Gasteiger partial charge in [0.1, 0.15) is 6.04 Å². The van der Waals surface area contributed by atoms with Crippen molar-refractivity contribution in [1.82, 2.24) is 10.6 Å². The summed E-state index contributed by atoms with van der Waals surface area (Å²) in [5, 5.41) is 5.16. The van der Waals surface area contributed by atoms with Crippen molar-refractivity contribution in [3.63, 3.8) is 0 Å². The van der Waals surface area contributed by atoms with Crippen molar-refractivity contribution in [2.45, 2.75) is 18.9 Å². The maximum Gasteiger partial charge on any atom is 0.328 e. The van der Waals surface area contributed by atoms with E-state index in [1.165, 1.54) is 7.11 Å². The molecule has 0 saturated heterocycles. The molecule has 6 heteroatoms. The first-order valence-electron chi connectivity index (χ1n) is 8.30. The van der Waals surface area contributed by atoms with Crippen LogP contribution in [0.2, 0.25) is 0 Å². The number of hydrogen-bond donors (Lipinski definition) is 2. The minimum absolute atomic E-state index is 0.193. The van der Waals surface area contributed by atoms with E-state index >= 15 is 0 Å². The zero-order valence-electron chi connectivity index (χ0n) is 14.6. The number of rotatable bonds is 8. The number of amides is 2. The molecule has 0 fully saturated rings. The molecule has 0 radical (unpaired) electrons. The maximum atomic E-state index is 12.1. The van der Waals surface area contributed by atoms with Crippen LogP contribution in [-0.4, -0.2) is 37.5 Å². The Balaban J connectivity index is 1.84. The van der Waals surface area contributed by atoms with E-state index in [0.717, 1.165) is 11.1 Å². The van der Waals surface area contributed by atoms with Gasteiger partial charge in [-0.1, -0.05) is 60.7 Å². The van der Waals surface area contributed by atoms with Gasteiger partial charge in [-0.05, 0) is 11.1 Å². The molecule has 0 aliphatic heterocycles. The van der Waals surface area contributed by atoms with Crippen molar-refractivity contribution in [2.24, 2.45) is 0 Å². The SMILES string of the molecule is COC(=O)[C@H](Cc1ccccc1)NC(=O)CNC(=O)Cc1ccccc1. The highest BCUT2D eigenvalue weighted by Crippen LogP contribution is 2.04. The minimum Gasteiger partial charge on any atom is -0.467 e. The molecule has 0 aliphatic carbocycles. The third-order valence-corrected chi connectivity index (χ3v) is 3.76. The Kier molecular flexibility index (Phi) is 7.36. The lowest BCUT2D eigenvalue weighted by atomic mass is 10.1. The molecule has 2 rings (SSSR count). The summed E-state index contributed by atoms with van der Waals surface area (Å²) < 4.78 is 4.75. The summed E-state index contributed by atoms with van der Waals surface area (Å²) in [5.74, 6) is -1.24. The number of hydrogen-bond acceptors (Lipinski definition) is 4. The molecule has 2 N–H and O–H groups in total. The molecule has 0 saturated carbocycles. The number of esters is 1. The van der Waals surface area contributed by atoms with Crippen molar-refractivity contribution in [1.29, 1.82) is 0 Å². The van der Waals surface area contributed by atoms with E-state index in [4.69, 9.17) is 4.74 Å². The summed E-state index contributed by atoms with van der Waals surface area (Å²) in [6.45, 7) is -0.200. The number of carbonyl (C=O) groups is 3. The molecule has 2 aromatic rings. The molecule has 136 valence electrons. The smallest absolute Gasteiger partial charge is 0.328 e. The Bertz CT molecular complexity index is 732. The molecule has 0 aliphatic rings. The van der Waals surface area contributed by atoms with Gasteiger partial charge in [0.05, 0.1) is 20.1 Å². The number of methoxy groups -OCH3 is 1. The van der Waals surface area contributed by atoms with Crippen LogP contribution in [0, 0.1) is 0 Å². The van der Waals surface area contributed by atoms with Gasteiger partial charge in [0.25, 0.3) is 0 Å². The summed E-state index contributed by atoms with van der Waals surface area (Å²) in [5.41, 5.74) is 1.76. The lowest BCUT2D eigenvalue weighted by molar-refractivity contribution is -0.145. The molecule has 6 nitrogen and oxygen atoms in total. The molecule has 1 atom stereocenters. The topological polar surface area (TPSA) is 84.5 Å². The lowest BCUT2D eigenvalue weighted by Crippen LogP contribution is -2.47. The van der Waals surface area contributed by atoms with Gasteiger partial charge in [0.2, 0.25) is 11.8 Å². The van der Waals surface area contributed by atoms with Crippen LogP contribution in [0.1, 0.15) is 11.1 Å². The van der Waals surface area contributed by atoms with E-state index in [9.17, 15) is 14.4 Å². The molecule has 0 spiro atoms. The normalized spacial score (nSPS) is 11.3.